The second kappa shape index (κ2) is 4.02. The fourth-order valence-electron chi connectivity index (χ4n) is 3.88. The summed E-state index contributed by atoms with van der Waals surface area (Å²) in [5.74, 6) is -0.338. The molecule has 4 nitrogen and oxygen atoms in total. The van der Waals surface area contributed by atoms with E-state index in [9.17, 15) is 12.8 Å². The van der Waals surface area contributed by atoms with Crippen molar-refractivity contribution in [3.05, 3.63) is 35.6 Å². The molecule has 3 atom stereocenters. The van der Waals surface area contributed by atoms with Gasteiger partial charge in [0.15, 0.2) is 0 Å². The number of hydrogen-bond donors (Lipinski definition) is 0. The van der Waals surface area contributed by atoms with Gasteiger partial charge < -0.3 is 4.74 Å². The van der Waals surface area contributed by atoms with E-state index in [4.69, 9.17) is 4.74 Å². The molecule has 1 aromatic rings. The van der Waals surface area contributed by atoms with E-state index in [-0.39, 0.29) is 18.5 Å². The highest BCUT2D eigenvalue weighted by Gasteiger charge is 2.65. The zero-order valence-corrected chi connectivity index (χ0v) is 11.8. The second-order valence-corrected chi connectivity index (χ2v) is 8.13. The molecule has 0 aliphatic carbocycles. The molecule has 0 amide bonds. The molecule has 2 bridgehead atoms. The van der Waals surface area contributed by atoms with E-state index < -0.39 is 20.9 Å². The lowest BCUT2D eigenvalue weighted by Crippen LogP contribution is -2.38. The number of ether oxygens (including phenoxy) is 1. The van der Waals surface area contributed by atoms with E-state index in [0.29, 0.717) is 18.5 Å². The molecule has 3 aliphatic rings. The van der Waals surface area contributed by atoms with Gasteiger partial charge >= 0.3 is 0 Å². The summed E-state index contributed by atoms with van der Waals surface area (Å²) in [5, 5.41) is -0.401. The van der Waals surface area contributed by atoms with E-state index in [1.54, 1.807) is 12.1 Å². The molecule has 3 saturated heterocycles. The smallest absolute Gasteiger partial charge is 0.220 e. The Hall–Kier alpha value is -0.980. The Kier molecular flexibility index (Phi) is 2.56. The monoisotopic (exact) mass is 297 g/mol. The Morgan fingerprint density at radius 1 is 1.45 bits per heavy atom. The molecule has 6 heteroatoms. The van der Waals surface area contributed by atoms with Gasteiger partial charge in [-0.1, -0.05) is 12.1 Å². The molecule has 20 heavy (non-hydrogen) atoms. The van der Waals surface area contributed by atoms with Gasteiger partial charge in [0.2, 0.25) is 10.0 Å². The molecule has 3 fully saturated rings. The van der Waals surface area contributed by atoms with Gasteiger partial charge in [0.1, 0.15) is 16.7 Å². The number of halogens is 1. The average Bonchev–Trinajstić information content (AvgIpc) is 3.00. The molecule has 3 aliphatic heterocycles. The average molecular weight is 297 g/mol. The van der Waals surface area contributed by atoms with E-state index >= 15 is 0 Å². The van der Waals surface area contributed by atoms with Crippen LogP contribution in [0.5, 0.6) is 0 Å². The standard InChI is InChI=1S/C14H16FNO3S/c15-11-3-1-2-10(6-11)8-16-9-14-5-4-12(19-14)7-13(14)20(16,17)18/h1-3,6,12-13H,4-5,7-9H2/t12-,13-,14-/m0/s1. The number of sulfonamides is 1. The summed E-state index contributed by atoms with van der Waals surface area (Å²) in [5.41, 5.74) is 0.177. The minimum atomic E-state index is -3.33. The molecule has 3 heterocycles. The first kappa shape index (κ1) is 12.7. The quantitative estimate of drug-likeness (QED) is 0.834. The Morgan fingerprint density at radius 3 is 3.00 bits per heavy atom. The van der Waals surface area contributed by atoms with Crippen LogP contribution in [0.25, 0.3) is 0 Å². The maximum Gasteiger partial charge on any atom is 0.220 e. The van der Waals surface area contributed by atoms with Crippen LogP contribution in [0.15, 0.2) is 24.3 Å². The molecule has 0 N–H and O–H groups in total. The molecule has 1 aromatic carbocycles. The zero-order valence-electron chi connectivity index (χ0n) is 11.0. The van der Waals surface area contributed by atoms with Crippen LogP contribution in [-0.2, 0) is 21.3 Å². The highest BCUT2D eigenvalue weighted by atomic mass is 32.2. The normalized spacial score (nSPS) is 38.2. The fraction of sp³-hybridized carbons (Fsp3) is 0.571. The van der Waals surface area contributed by atoms with Gasteiger partial charge in [0.05, 0.1) is 6.10 Å². The minimum absolute atomic E-state index is 0.117. The third-order valence-corrected chi connectivity index (χ3v) is 7.09. The molecule has 1 spiro atoms. The lowest BCUT2D eigenvalue weighted by atomic mass is 9.88. The molecular formula is C14H16FNO3S. The van der Waals surface area contributed by atoms with E-state index in [1.165, 1.54) is 16.4 Å². The van der Waals surface area contributed by atoms with Gasteiger partial charge in [0.25, 0.3) is 0 Å². The van der Waals surface area contributed by atoms with E-state index in [1.807, 2.05) is 0 Å². The van der Waals surface area contributed by atoms with Crippen LogP contribution in [-0.4, -0.2) is 36.2 Å². The Bertz CT molecular complexity index is 662. The van der Waals surface area contributed by atoms with Crippen molar-refractivity contribution in [1.82, 2.24) is 4.31 Å². The minimum Gasteiger partial charge on any atom is -0.369 e. The summed E-state index contributed by atoms with van der Waals surface area (Å²) in [6.07, 6.45) is 2.51. The SMILES string of the molecule is O=S1(=O)[C@H]2C[C@@H]3CC[C@@]2(CN1Cc1cccc(F)c1)O3. The first-order valence-corrected chi connectivity index (χ1v) is 8.41. The lowest BCUT2D eigenvalue weighted by Gasteiger charge is -2.21. The van der Waals surface area contributed by atoms with Crippen molar-refractivity contribution in [2.45, 2.75) is 42.8 Å². The van der Waals surface area contributed by atoms with Crippen LogP contribution in [0.2, 0.25) is 0 Å². The van der Waals surface area contributed by atoms with Crippen molar-refractivity contribution in [3.8, 4) is 0 Å². The first-order chi connectivity index (χ1) is 9.49. The maximum absolute atomic E-state index is 13.2. The maximum atomic E-state index is 13.2. The highest BCUT2D eigenvalue weighted by Crippen LogP contribution is 2.52. The van der Waals surface area contributed by atoms with E-state index in [0.717, 1.165) is 12.8 Å². The summed E-state index contributed by atoms with van der Waals surface area (Å²) in [6, 6.07) is 6.11. The summed E-state index contributed by atoms with van der Waals surface area (Å²) >= 11 is 0. The van der Waals surface area contributed by atoms with Crippen molar-refractivity contribution >= 4 is 10.0 Å². The molecule has 0 saturated carbocycles. The van der Waals surface area contributed by atoms with Crippen LogP contribution < -0.4 is 0 Å². The summed E-state index contributed by atoms with van der Waals surface area (Å²) in [6.45, 7) is 0.638. The molecule has 108 valence electrons. The second-order valence-electron chi connectivity index (χ2n) is 6.01. The van der Waals surface area contributed by atoms with Crippen LogP contribution in [0.3, 0.4) is 0 Å². The van der Waals surface area contributed by atoms with Crippen molar-refractivity contribution in [3.63, 3.8) is 0 Å². The third-order valence-electron chi connectivity index (χ3n) is 4.77. The molecule has 0 unspecified atom stereocenters. The van der Waals surface area contributed by atoms with Crippen molar-refractivity contribution in [1.29, 1.82) is 0 Å². The summed E-state index contributed by atoms with van der Waals surface area (Å²) in [7, 11) is -3.33. The molecule has 0 radical (unpaired) electrons. The predicted octanol–water partition coefficient (Wildman–Crippen LogP) is 1.66. The van der Waals surface area contributed by atoms with Crippen LogP contribution in [0.1, 0.15) is 24.8 Å². The largest absolute Gasteiger partial charge is 0.369 e. The van der Waals surface area contributed by atoms with Gasteiger partial charge in [0, 0.05) is 13.1 Å². The van der Waals surface area contributed by atoms with Crippen molar-refractivity contribution < 1.29 is 17.5 Å². The lowest BCUT2D eigenvalue weighted by molar-refractivity contribution is 0.0119. The van der Waals surface area contributed by atoms with E-state index in [2.05, 4.69) is 0 Å². The summed E-state index contributed by atoms with van der Waals surface area (Å²) < 4.78 is 45.8. The van der Waals surface area contributed by atoms with Gasteiger partial charge in [-0.15, -0.1) is 0 Å². The zero-order chi connectivity index (χ0) is 14.0. The fourth-order valence-corrected chi connectivity index (χ4v) is 6.21. The summed E-state index contributed by atoms with van der Waals surface area (Å²) in [4.78, 5) is 0. The van der Waals surface area contributed by atoms with Crippen LogP contribution in [0, 0.1) is 5.82 Å². The van der Waals surface area contributed by atoms with Crippen molar-refractivity contribution in [2.24, 2.45) is 0 Å². The number of benzene rings is 1. The predicted molar refractivity (Wildman–Crippen MR) is 71.0 cm³/mol. The van der Waals surface area contributed by atoms with Gasteiger partial charge in [-0.25, -0.2) is 12.8 Å². The Balaban J connectivity index is 1.64. The number of hydrogen-bond acceptors (Lipinski definition) is 3. The number of fused-ring (bicyclic) bond motifs is 1. The van der Waals surface area contributed by atoms with Crippen LogP contribution >= 0.6 is 0 Å². The first-order valence-electron chi connectivity index (χ1n) is 6.91. The number of rotatable bonds is 2. The Labute approximate surface area is 117 Å². The third kappa shape index (κ3) is 1.68. The molecule has 4 rings (SSSR count). The molecule has 0 aromatic heterocycles. The van der Waals surface area contributed by atoms with Crippen molar-refractivity contribution in [2.75, 3.05) is 6.54 Å². The van der Waals surface area contributed by atoms with Gasteiger partial charge in [-0.2, -0.15) is 4.31 Å². The number of nitrogens with zero attached hydrogens (tertiary/aromatic N) is 1. The van der Waals surface area contributed by atoms with Crippen LogP contribution in [0.4, 0.5) is 4.39 Å². The Morgan fingerprint density at radius 2 is 2.30 bits per heavy atom. The highest BCUT2D eigenvalue weighted by molar-refractivity contribution is 7.90. The van der Waals surface area contributed by atoms with Gasteiger partial charge in [-0.05, 0) is 37.0 Å². The topological polar surface area (TPSA) is 46.6 Å². The molecular weight excluding hydrogens is 281 g/mol. The van der Waals surface area contributed by atoms with Gasteiger partial charge in [-0.3, -0.25) is 0 Å².